The highest BCUT2D eigenvalue weighted by Gasteiger charge is 2.07. The Morgan fingerprint density at radius 3 is 2.62 bits per heavy atom. The summed E-state index contributed by atoms with van der Waals surface area (Å²) in [5.41, 5.74) is 2.02. The van der Waals surface area contributed by atoms with Gasteiger partial charge in [-0.15, -0.1) is 0 Å². The van der Waals surface area contributed by atoms with E-state index in [1.54, 1.807) is 13.4 Å². The van der Waals surface area contributed by atoms with Crippen LogP contribution in [0.2, 0.25) is 0 Å². The van der Waals surface area contributed by atoms with E-state index in [2.05, 4.69) is 9.97 Å². The Kier molecular flexibility index (Phi) is 3.19. The van der Waals surface area contributed by atoms with Gasteiger partial charge in [-0.1, -0.05) is 0 Å². The molecule has 0 aliphatic rings. The third-order valence-electron chi connectivity index (χ3n) is 1.87. The summed E-state index contributed by atoms with van der Waals surface area (Å²) in [6.45, 7) is 2.54. The summed E-state index contributed by atoms with van der Waals surface area (Å²) in [4.78, 5) is 10.3. The zero-order chi connectivity index (χ0) is 9.84. The number of nitrogens with zero attached hydrogens (tertiary/aromatic N) is 3. The number of aromatic nitrogens is 2. The third kappa shape index (κ3) is 2.15. The van der Waals surface area contributed by atoms with Gasteiger partial charge in [0.1, 0.15) is 12.1 Å². The molecular formula is C9H15N3O. The minimum atomic E-state index is 0.537. The first-order valence-corrected chi connectivity index (χ1v) is 4.13. The highest BCUT2D eigenvalue weighted by molar-refractivity contribution is 5.45. The molecule has 0 aliphatic carbocycles. The number of hydrogen-bond acceptors (Lipinski definition) is 4. The maximum atomic E-state index is 5.03. The average Bonchev–Trinajstić information content (AvgIpc) is 2.08. The van der Waals surface area contributed by atoms with Crippen LogP contribution in [-0.2, 0) is 11.3 Å². The number of anilines is 1. The lowest BCUT2D eigenvalue weighted by molar-refractivity contribution is 0.181. The van der Waals surface area contributed by atoms with Gasteiger partial charge < -0.3 is 9.64 Å². The minimum Gasteiger partial charge on any atom is -0.378 e. The van der Waals surface area contributed by atoms with Gasteiger partial charge >= 0.3 is 0 Å². The molecule has 0 bridgehead atoms. The Hall–Kier alpha value is -1.16. The first kappa shape index (κ1) is 9.92. The molecule has 0 atom stereocenters. The van der Waals surface area contributed by atoms with Crippen molar-refractivity contribution in [3.8, 4) is 0 Å². The molecule has 1 rings (SSSR count). The SMILES string of the molecule is COCc1ncnc(N(C)C)c1C. The first-order valence-electron chi connectivity index (χ1n) is 4.13. The van der Waals surface area contributed by atoms with Crippen LogP contribution in [0.1, 0.15) is 11.3 Å². The van der Waals surface area contributed by atoms with Crippen LogP contribution in [0.15, 0.2) is 6.33 Å². The van der Waals surface area contributed by atoms with Gasteiger partial charge in [-0.3, -0.25) is 0 Å². The van der Waals surface area contributed by atoms with Crippen molar-refractivity contribution in [2.45, 2.75) is 13.5 Å². The van der Waals surface area contributed by atoms with Gasteiger partial charge in [0.05, 0.1) is 12.3 Å². The van der Waals surface area contributed by atoms with Gasteiger partial charge in [0.2, 0.25) is 0 Å². The van der Waals surface area contributed by atoms with E-state index in [0.29, 0.717) is 6.61 Å². The van der Waals surface area contributed by atoms with Gasteiger partial charge in [0, 0.05) is 26.8 Å². The molecule has 0 N–H and O–H groups in total. The molecule has 1 aromatic heterocycles. The molecule has 0 saturated heterocycles. The second-order valence-corrected chi connectivity index (χ2v) is 3.10. The molecule has 0 radical (unpaired) electrons. The predicted octanol–water partition coefficient (Wildman–Crippen LogP) is 0.997. The van der Waals surface area contributed by atoms with E-state index in [1.165, 1.54) is 0 Å². The van der Waals surface area contributed by atoms with Gasteiger partial charge in [0.15, 0.2) is 0 Å². The second-order valence-electron chi connectivity index (χ2n) is 3.10. The van der Waals surface area contributed by atoms with Crippen molar-refractivity contribution in [2.24, 2.45) is 0 Å². The molecular weight excluding hydrogens is 166 g/mol. The van der Waals surface area contributed by atoms with Crippen molar-refractivity contribution in [3.05, 3.63) is 17.6 Å². The lowest BCUT2D eigenvalue weighted by Crippen LogP contribution is -2.14. The van der Waals surface area contributed by atoms with E-state index in [0.717, 1.165) is 17.1 Å². The number of rotatable bonds is 3. The van der Waals surface area contributed by atoms with Crippen molar-refractivity contribution in [1.29, 1.82) is 0 Å². The molecule has 0 fully saturated rings. The van der Waals surface area contributed by atoms with Crippen LogP contribution in [0.4, 0.5) is 5.82 Å². The van der Waals surface area contributed by atoms with E-state index in [1.807, 2.05) is 25.9 Å². The van der Waals surface area contributed by atoms with Gasteiger partial charge in [-0.25, -0.2) is 9.97 Å². The van der Waals surface area contributed by atoms with Gasteiger partial charge in [-0.05, 0) is 6.92 Å². The van der Waals surface area contributed by atoms with Crippen molar-refractivity contribution >= 4 is 5.82 Å². The molecule has 13 heavy (non-hydrogen) atoms. The maximum absolute atomic E-state index is 5.03. The van der Waals surface area contributed by atoms with E-state index >= 15 is 0 Å². The third-order valence-corrected chi connectivity index (χ3v) is 1.87. The van der Waals surface area contributed by atoms with E-state index in [4.69, 9.17) is 4.74 Å². The molecule has 0 spiro atoms. The standard InChI is InChI=1S/C9H15N3O/c1-7-8(5-13-4)10-6-11-9(7)12(2)3/h6H,5H2,1-4H3. The highest BCUT2D eigenvalue weighted by Crippen LogP contribution is 2.16. The molecule has 0 aromatic carbocycles. The summed E-state index contributed by atoms with van der Waals surface area (Å²) in [5, 5.41) is 0. The normalized spacial score (nSPS) is 10.2. The lowest BCUT2D eigenvalue weighted by atomic mass is 10.2. The first-order chi connectivity index (χ1) is 6.16. The summed E-state index contributed by atoms with van der Waals surface area (Å²) < 4.78 is 5.03. The van der Waals surface area contributed by atoms with Crippen LogP contribution in [0.5, 0.6) is 0 Å². The Morgan fingerprint density at radius 1 is 1.38 bits per heavy atom. The molecule has 0 amide bonds. The summed E-state index contributed by atoms with van der Waals surface area (Å²) in [6, 6.07) is 0. The van der Waals surface area contributed by atoms with E-state index < -0.39 is 0 Å². The number of methoxy groups -OCH3 is 1. The molecule has 1 aromatic rings. The van der Waals surface area contributed by atoms with Gasteiger partial charge in [0.25, 0.3) is 0 Å². The summed E-state index contributed by atoms with van der Waals surface area (Å²) >= 11 is 0. The fourth-order valence-electron chi connectivity index (χ4n) is 1.21. The largest absolute Gasteiger partial charge is 0.378 e. The van der Waals surface area contributed by atoms with Crippen LogP contribution in [-0.4, -0.2) is 31.2 Å². The van der Waals surface area contributed by atoms with Crippen molar-refractivity contribution < 1.29 is 4.74 Å². The lowest BCUT2D eigenvalue weighted by Gasteiger charge is -2.15. The Bertz CT molecular complexity index is 286. The zero-order valence-corrected chi connectivity index (χ0v) is 8.53. The fourth-order valence-corrected chi connectivity index (χ4v) is 1.21. The monoisotopic (exact) mass is 181 g/mol. The van der Waals surface area contributed by atoms with Crippen LogP contribution in [0.3, 0.4) is 0 Å². The molecule has 4 nitrogen and oxygen atoms in total. The maximum Gasteiger partial charge on any atom is 0.134 e. The molecule has 1 heterocycles. The second kappa shape index (κ2) is 4.18. The van der Waals surface area contributed by atoms with Crippen molar-refractivity contribution in [1.82, 2.24) is 9.97 Å². The highest BCUT2D eigenvalue weighted by atomic mass is 16.5. The topological polar surface area (TPSA) is 38.3 Å². The number of ether oxygens (including phenoxy) is 1. The van der Waals surface area contributed by atoms with Crippen molar-refractivity contribution in [3.63, 3.8) is 0 Å². The van der Waals surface area contributed by atoms with Crippen LogP contribution in [0, 0.1) is 6.92 Å². The molecule has 4 heteroatoms. The summed E-state index contributed by atoms with van der Waals surface area (Å²) in [6.07, 6.45) is 1.57. The Balaban J connectivity index is 3.03. The smallest absolute Gasteiger partial charge is 0.134 e. The van der Waals surface area contributed by atoms with Crippen molar-refractivity contribution in [2.75, 3.05) is 26.1 Å². The fraction of sp³-hybridized carbons (Fsp3) is 0.556. The van der Waals surface area contributed by atoms with Crippen LogP contribution < -0.4 is 4.90 Å². The quantitative estimate of drug-likeness (QED) is 0.697. The molecule has 0 aliphatic heterocycles. The van der Waals surface area contributed by atoms with E-state index in [9.17, 15) is 0 Å². The predicted molar refractivity (Wildman–Crippen MR) is 51.8 cm³/mol. The Morgan fingerprint density at radius 2 is 2.08 bits per heavy atom. The summed E-state index contributed by atoms with van der Waals surface area (Å²) in [7, 11) is 5.59. The molecule has 72 valence electrons. The number of hydrogen-bond donors (Lipinski definition) is 0. The summed E-state index contributed by atoms with van der Waals surface area (Å²) in [5.74, 6) is 0.946. The van der Waals surface area contributed by atoms with Gasteiger partial charge in [-0.2, -0.15) is 0 Å². The zero-order valence-electron chi connectivity index (χ0n) is 8.53. The van der Waals surface area contributed by atoms with Crippen LogP contribution in [0.25, 0.3) is 0 Å². The molecule has 0 saturated carbocycles. The van der Waals surface area contributed by atoms with E-state index in [-0.39, 0.29) is 0 Å². The van der Waals surface area contributed by atoms with Crippen LogP contribution >= 0.6 is 0 Å². The molecule has 0 unspecified atom stereocenters. The Labute approximate surface area is 78.6 Å². The average molecular weight is 181 g/mol. The minimum absolute atomic E-state index is 0.537.